The minimum absolute atomic E-state index is 0.103. The summed E-state index contributed by atoms with van der Waals surface area (Å²) in [5.74, 6) is 0.912. The normalized spacial score (nSPS) is 20.2. The lowest BCUT2D eigenvalue weighted by atomic mass is 10.0. The molecule has 0 amide bonds. The molecule has 0 spiro atoms. The first-order chi connectivity index (χ1) is 17.3. The predicted octanol–water partition coefficient (Wildman–Crippen LogP) is 5.77. The average molecular weight is 482 g/mol. The van der Waals surface area contributed by atoms with Gasteiger partial charge in [0.25, 0.3) is 0 Å². The van der Waals surface area contributed by atoms with Crippen LogP contribution in [0.4, 0.5) is 5.69 Å². The summed E-state index contributed by atoms with van der Waals surface area (Å²) in [4.78, 5) is 11.2. The summed E-state index contributed by atoms with van der Waals surface area (Å²) >= 11 is 5.89. The molecule has 4 aromatic rings. The highest BCUT2D eigenvalue weighted by molar-refractivity contribution is 7.80. The molecule has 7 heteroatoms. The monoisotopic (exact) mass is 481 g/mol. The van der Waals surface area contributed by atoms with Gasteiger partial charge in [-0.15, -0.1) is 0 Å². The number of thiocarbonyl (C=S) groups is 1. The average Bonchev–Trinajstić information content (AvgIpc) is 3.66. The van der Waals surface area contributed by atoms with E-state index in [2.05, 4.69) is 73.4 Å². The molecule has 6 rings (SSSR count). The fourth-order valence-electron chi connectivity index (χ4n) is 5.18. The first kappa shape index (κ1) is 21.8. The first-order valence-corrected chi connectivity index (χ1v) is 12.5. The van der Waals surface area contributed by atoms with Crippen molar-refractivity contribution in [2.24, 2.45) is 0 Å². The van der Waals surface area contributed by atoms with Gasteiger partial charge < -0.3 is 19.5 Å². The summed E-state index contributed by atoms with van der Waals surface area (Å²) in [6.45, 7) is 0. The Labute approximate surface area is 210 Å². The van der Waals surface area contributed by atoms with Crippen LogP contribution in [0.3, 0.4) is 0 Å². The first-order valence-electron chi connectivity index (χ1n) is 12.1. The summed E-state index contributed by atoms with van der Waals surface area (Å²) in [6, 6.07) is 22.3. The van der Waals surface area contributed by atoms with Gasteiger partial charge in [0.15, 0.2) is 5.11 Å². The summed E-state index contributed by atoms with van der Waals surface area (Å²) < 4.78 is 8.37. The minimum atomic E-state index is -0.108. The molecule has 2 fully saturated rings. The highest BCUT2D eigenvalue weighted by Crippen LogP contribution is 2.42. The van der Waals surface area contributed by atoms with Gasteiger partial charge >= 0.3 is 0 Å². The van der Waals surface area contributed by atoms with Crippen LogP contribution in [0, 0.1) is 0 Å². The Balaban J connectivity index is 1.39. The molecule has 3 aromatic heterocycles. The summed E-state index contributed by atoms with van der Waals surface area (Å²) in [5.41, 5.74) is 4.07. The zero-order valence-corrected chi connectivity index (χ0v) is 20.1. The van der Waals surface area contributed by atoms with Gasteiger partial charge in [0, 0.05) is 30.0 Å². The lowest BCUT2D eigenvalue weighted by Gasteiger charge is -2.29. The maximum atomic E-state index is 6.20. The number of ether oxygens (including phenoxy) is 1. The third kappa shape index (κ3) is 4.28. The van der Waals surface area contributed by atoms with Crippen molar-refractivity contribution in [3.8, 4) is 11.4 Å². The molecule has 2 atom stereocenters. The number of nitrogens with zero attached hydrogens (tertiary/aromatic N) is 4. The van der Waals surface area contributed by atoms with Crippen molar-refractivity contribution < 1.29 is 4.74 Å². The van der Waals surface area contributed by atoms with E-state index in [1.54, 1.807) is 6.20 Å². The van der Waals surface area contributed by atoms with Crippen molar-refractivity contribution in [3.05, 3.63) is 103 Å². The number of aromatic nitrogens is 3. The molecule has 1 saturated carbocycles. The lowest BCUT2D eigenvalue weighted by Crippen LogP contribution is -2.30. The fourth-order valence-corrected chi connectivity index (χ4v) is 5.53. The van der Waals surface area contributed by atoms with Gasteiger partial charge in [-0.25, -0.2) is 0 Å². The molecule has 1 aliphatic heterocycles. The molecular weight excluding hydrogens is 454 g/mol. The highest BCUT2D eigenvalue weighted by atomic mass is 32.1. The van der Waals surface area contributed by atoms with Crippen LogP contribution in [0.15, 0.2) is 91.5 Å². The van der Waals surface area contributed by atoms with Crippen LogP contribution in [0.1, 0.15) is 49.2 Å². The summed E-state index contributed by atoms with van der Waals surface area (Å²) in [5, 5.41) is 4.22. The zero-order chi connectivity index (χ0) is 23.6. The molecule has 0 bridgehead atoms. The number of hydrogen-bond acceptors (Lipinski definition) is 4. The molecule has 1 saturated heterocycles. The molecular formula is C28H27N5OS. The van der Waals surface area contributed by atoms with Crippen LogP contribution in [-0.4, -0.2) is 25.8 Å². The Hall–Kier alpha value is -3.71. The van der Waals surface area contributed by atoms with Gasteiger partial charge in [-0.05, 0) is 98.6 Å². The van der Waals surface area contributed by atoms with E-state index >= 15 is 0 Å². The van der Waals surface area contributed by atoms with E-state index in [9.17, 15) is 0 Å². The topological polar surface area (TPSA) is 55.2 Å². The number of pyridine rings is 2. The minimum Gasteiger partial charge on any atom is -0.490 e. The van der Waals surface area contributed by atoms with Crippen molar-refractivity contribution in [1.29, 1.82) is 0 Å². The van der Waals surface area contributed by atoms with Crippen LogP contribution < -0.4 is 15.0 Å². The third-order valence-corrected chi connectivity index (χ3v) is 7.14. The van der Waals surface area contributed by atoms with Crippen LogP contribution in [0.2, 0.25) is 0 Å². The van der Waals surface area contributed by atoms with E-state index < -0.39 is 0 Å². The highest BCUT2D eigenvalue weighted by Gasteiger charge is 2.42. The number of anilines is 1. The Bertz CT molecular complexity index is 1290. The number of hydrogen-bond donors (Lipinski definition) is 1. The molecule has 6 nitrogen and oxygen atoms in total. The van der Waals surface area contributed by atoms with E-state index in [4.69, 9.17) is 17.0 Å². The Morgan fingerprint density at radius 3 is 2.49 bits per heavy atom. The van der Waals surface area contributed by atoms with Gasteiger partial charge in [0.2, 0.25) is 0 Å². The van der Waals surface area contributed by atoms with Crippen molar-refractivity contribution in [3.63, 3.8) is 0 Å². The van der Waals surface area contributed by atoms with Gasteiger partial charge in [-0.2, -0.15) is 0 Å². The maximum absolute atomic E-state index is 6.20. The zero-order valence-electron chi connectivity index (χ0n) is 19.3. The van der Waals surface area contributed by atoms with Crippen molar-refractivity contribution in [2.75, 3.05) is 4.90 Å². The molecule has 2 aliphatic rings. The molecule has 176 valence electrons. The van der Waals surface area contributed by atoms with Crippen LogP contribution in [0.25, 0.3) is 5.69 Å². The standard InChI is InChI=1S/C28H27N5OS/c35-28-31-26(24-10-3-4-17-30-24)27(25-11-6-18-32(25)21-7-5-16-29-19-21)33(28)20-12-14-23(15-13-20)34-22-8-1-2-9-22/h3-7,10-19,22,26-27H,1-2,8-9H2,(H,31,35)/t26-,27-/m1/s1. The van der Waals surface area contributed by atoms with E-state index in [0.29, 0.717) is 11.2 Å². The van der Waals surface area contributed by atoms with Crippen molar-refractivity contribution in [1.82, 2.24) is 19.9 Å². The number of benzene rings is 1. The second-order valence-electron chi connectivity index (χ2n) is 9.03. The maximum Gasteiger partial charge on any atom is 0.174 e. The number of rotatable bonds is 6. The summed E-state index contributed by atoms with van der Waals surface area (Å²) in [6.07, 6.45) is 12.7. The smallest absolute Gasteiger partial charge is 0.174 e. The molecule has 1 N–H and O–H groups in total. The lowest BCUT2D eigenvalue weighted by molar-refractivity contribution is 0.210. The fraction of sp³-hybridized carbons (Fsp3) is 0.250. The third-order valence-electron chi connectivity index (χ3n) is 6.83. The summed E-state index contributed by atoms with van der Waals surface area (Å²) in [7, 11) is 0. The SMILES string of the molecule is S=C1N[C@H](c2ccccn2)[C@@H](c2cccn2-c2cccnc2)N1c1ccc(OC2CCCC2)cc1. The molecule has 0 unspecified atom stereocenters. The van der Waals surface area contributed by atoms with Crippen LogP contribution in [0.5, 0.6) is 5.75 Å². The van der Waals surface area contributed by atoms with E-state index in [1.807, 2.05) is 36.7 Å². The van der Waals surface area contributed by atoms with Crippen molar-refractivity contribution in [2.45, 2.75) is 43.9 Å². The Morgan fingerprint density at radius 2 is 1.74 bits per heavy atom. The van der Waals surface area contributed by atoms with E-state index in [0.717, 1.165) is 41.4 Å². The van der Waals surface area contributed by atoms with E-state index in [-0.39, 0.29) is 12.1 Å². The molecule has 0 radical (unpaired) electrons. The van der Waals surface area contributed by atoms with Gasteiger partial charge in [0.1, 0.15) is 11.8 Å². The molecule has 35 heavy (non-hydrogen) atoms. The number of nitrogens with one attached hydrogen (secondary N) is 1. The van der Waals surface area contributed by atoms with Gasteiger partial charge in [-0.3, -0.25) is 9.97 Å². The van der Waals surface area contributed by atoms with Gasteiger partial charge in [0.05, 0.1) is 29.7 Å². The quantitative estimate of drug-likeness (QED) is 0.353. The Morgan fingerprint density at radius 1 is 0.886 bits per heavy atom. The van der Waals surface area contributed by atoms with Crippen LogP contribution >= 0.6 is 12.2 Å². The molecule has 4 heterocycles. The Kier molecular flexibility index (Phi) is 5.92. The van der Waals surface area contributed by atoms with Crippen molar-refractivity contribution >= 4 is 23.0 Å². The predicted molar refractivity (Wildman–Crippen MR) is 141 cm³/mol. The largest absolute Gasteiger partial charge is 0.490 e. The molecule has 1 aromatic carbocycles. The van der Waals surface area contributed by atoms with Gasteiger partial charge in [-0.1, -0.05) is 6.07 Å². The second-order valence-corrected chi connectivity index (χ2v) is 9.42. The van der Waals surface area contributed by atoms with E-state index in [1.165, 1.54) is 12.8 Å². The van der Waals surface area contributed by atoms with Crippen LogP contribution in [-0.2, 0) is 0 Å². The molecule has 1 aliphatic carbocycles. The second kappa shape index (κ2) is 9.50.